The van der Waals surface area contributed by atoms with Crippen LogP contribution in [0.25, 0.3) is 22.3 Å². The minimum atomic E-state index is 0.0103. The first-order chi connectivity index (χ1) is 11.7. The van der Waals surface area contributed by atoms with Crippen LogP contribution in [-0.2, 0) is 0 Å². The number of phenols is 1. The minimum Gasteiger partial charge on any atom is -0.508 e. The second-order valence-electron chi connectivity index (χ2n) is 5.13. The number of hydrogen-bond acceptors (Lipinski definition) is 7. The molecule has 3 aromatic heterocycles. The van der Waals surface area contributed by atoms with E-state index in [1.54, 1.807) is 42.7 Å². The van der Waals surface area contributed by atoms with Crippen LogP contribution in [0, 0.1) is 0 Å². The molecule has 3 heterocycles. The summed E-state index contributed by atoms with van der Waals surface area (Å²) in [6, 6.07) is 8.34. The van der Waals surface area contributed by atoms with Crippen molar-refractivity contribution in [3.8, 4) is 22.8 Å². The van der Waals surface area contributed by atoms with Crippen molar-refractivity contribution < 1.29 is 10.2 Å². The van der Waals surface area contributed by atoms with Crippen LogP contribution in [0.15, 0.2) is 48.9 Å². The van der Waals surface area contributed by atoms with Crippen molar-refractivity contribution in [2.45, 2.75) is 0 Å². The zero-order valence-corrected chi connectivity index (χ0v) is 12.3. The molecule has 4 rings (SSSR count). The van der Waals surface area contributed by atoms with E-state index in [0.717, 1.165) is 11.4 Å². The molecule has 1 aromatic carbocycles. The lowest BCUT2D eigenvalue weighted by Gasteiger charge is -2.08. The summed E-state index contributed by atoms with van der Waals surface area (Å²) in [4.78, 5) is 6.90. The van der Waals surface area contributed by atoms with Gasteiger partial charge >= 0.3 is 0 Å². The summed E-state index contributed by atoms with van der Waals surface area (Å²) in [5.41, 5.74) is 3.05. The third kappa shape index (κ3) is 2.35. The molecule has 0 fully saturated rings. The molecule has 24 heavy (non-hydrogen) atoms. The number of phenolic OH excluding ortho intramolecular Hbond substituents is 1. The molecule has 0 atom stereocenters. The summed E-state index contributed by atoms with van der Waals surface area (Å²) in [6.45, 7) is 0. The molecule has 0 saturated heterocycles. The molecule has 0 aliphatic rings. The first kappa shape index (κ1) is 13.9. The highest BCUT2D eigenvalue weighted by Crippen LogP contribution is 2.35. The van der Waals surface area contributed by atoms with Crippen LogP contribution < -0.4 is 5.32 Å². The first-order valence-corrected chi connectivity index (χ1v) is 7.12. The minimum absolute atomic E-state index is 0.0103. The standard InChI is InChI=1S/C16H12N6O2/c23-10-3-1-9(2-4-10)19-12-7-18-16-14(12)15(20-22-21-16)11-5-6-17-8-13(11)24/h1-8,19,23-24H,(H,18,20,21). The van der Waals surface area contributed by atoms with E-state index < -0.39 is 0 Å². The number of anilines is 2. The van der Waals surface area contributed by atoms with Crippen LogP contribution in [0.4, 0.5) is 11.4 Å². The van der Waals surface area contributed by atoms with Gasteiger partial charge in [0.05, 0.1) is 17.3 Å². The van der Waals surface area contributed by atoms with E-state index >= 15 is 0 Å². The molecule has 0 radical (unpaired) electrons. The van der Waals surface area contributed by atoms with Gasteiger partial charge in [-0.1, -0.05) is 0 Å². The number of benzene rings is 1. The predicted molar refractivity (Wildman–Crippen MR) is 88.0 cm³/mol. The Morgan fingerprint density at radius 3 is 2.62 bits per heavy atom. The number of nitrogens with one attached hydrogen (secondary N) is 2. The second-order valence-corrected chi connectivity index (χ2v) is 5.13. The average molecular weight is 320 g/mol. The Morgan fingerprint density at radius 2 is 1.83 bits per heavy atom. The lowest BCUT2D eigenvalue weighted by Crippen LogP contribution is -1.95. The smallest absolute Gasteiger partial charge is 0.166 e. The number of H-pyrrole nitrogens is 1. The first-order valence-electron chi connectivity index (χ1n) is 7.12. The Bertz CT molecular complexity index is 1010. The number of hydrogen-bond donors (Lipinski definition) is 4. The van der Waals surface area contributed by atoms with E-state index in [4.69, 9.17) is 0 Å². The fourth-order valence-corrected chi connectivity index (χ4v) is 2.47. The van der Waals surface area contributed by atoms with Gasteiger partial charge in [-0.05, 0) is 35.5 Å². The highest BCUT2D eigenvalue weighted by Gasteiger charge is 2.16. The maximum Gasteiger partial charge on any atom is 0.166 e. The van der Waals surface area contributed by atoms with Crippen molar-refractivity contribution in [1.29, 1.82) is 0 Å². The van der Waals surface area contributed by atoms with E-state index in [1.807, 2.05) is 0 Å². The van der Waals surface area contributed by atoms with Gasteiger partial charge in [0.25, 0.3) is 0 Å². The average Bonchev–Trinajstić information content (AvgIpc) is 3.01. The van der Waals surface area contributed by atoms with E-state index in [0.29, 0.717) is 22.3 Å². The highest BCUT2D eigenvalue weighted by molar-refractivity contribution is 6.02. The Balaban J connectivity index is 1.86. The van der Waals surface area contributed by atoms with Crippen molar-refractivity contribution in [3.05, 3.63) is 48.9 Å². The number of aromatic amines is 1. The summed E-state index contributed by atoms with van der Waals surface area (Å²) >= 11 is 0. The molecule has 0 saturated carbocycles. The van der Waals surface area contributed by atoms with Gasteiger partial charge in [0.15, 0.2) is 5.65 Å². The SMILES string of the molecule is Oc1ccc(Nc2c[nH]c3nnnc(-c4ccncc4O)c23)cc1. The van der Waals surface area contributed by atoms with Gasteiger partial charge in [-0.25, -0.2) is 0 Å². The molecule has 118 valence electrons. The fraction of sp³-hybridized carbons (Fsp3) is 0. The molecule has 8 nitrogen and oxygen atoms in total. The summed E-state index contributed by atoms with van der Waals surface area (Å²) < 4.78 is 0. The monoisotopic (exact) mass is 320 g/mol. The number of aromatic hydroxyl groups is 2. The zero-order chi connectivity index (χ0) is 16.5. The van der Waals surface area contributed by atoms with E-state index in [1.165, 1.54) is 6.20 Å². The molecular weight excluding hydrogens is 308 g/mol. The molecule has 0 aliphatic heterocycles. The molecule has 0 unspecified atom stereocenters. The third-order valence-corrected chi connectivity index (χ3v) is 3.59. The lowest BCUT2D eigenvalue weighted by molar-refractivity contribution is 0.474. The number of rotatable bonds is 3. The number of nitrogens with zero attached hydrogens (tertiary/aromatic N) is 4. The van der Waals surface area contributed by atoms with Gasteiger partial charge in [0.1, 0.15) is 17.2 Å². The Kier molecular flexibility index (Phi) is 3.20. The van der Waals surface area contributed by atoms with Crippen molar-refractivity contribution in [2.75, 3.05) is 5.32 Å². The molecule has 8 heteroatoms. The summed E-state index contributed by atoms with van der Waals surface area (Å²) in [7, 11) is 0. The van der Waals surface area contributed by atoms with Crippen LogP contribution >= 0.6 is 0 Å². The van der Waals surface area contributed by atoms with E-state index in [-0.39, 0.29) is 11.5 Å². The third-order valence-electron chi connectivity index (χ3n) is 3.59. The lowest BCUT2D eigenvalue weighted by atomic mass is 10.1. The normalized spacial score (nSPS) is 10.8. The Morgan fingerprint density at radius 1 is 1.00 bits per heavy atom. The van der Waals surface area contributed by atoms with Crippen molar-refractivity contribution in [3.63, 3.8) is 0 Å². The van der Waals surface area contributed by atoms with Gasteiger partial charge in [0, 0.05) is 23.6 Å². The Hall–Kier alpha value is -3.68. The summed E-state index contributed by atoms with van der Waals surface area (Å²) in [5, 5.41) is 35.2. The van der Waals surface area contributed by atoms with Crippen LogP contribution in [0.2, 0.25) is 0 Å². The molecule has 0 amide bonds. The second kappa shape index (κ2) is 5.51. The van der Waals surface area contributed by atoms with E-state index in [2.05, 4.69) is 30.7 Å². The molecule has 4 aromatic rings. The fourth-order valence-electron chi connectivity index (χ4n) is 2.47. The van der Waals surface area contributed by atoms with Gasteiger partial charge in [-0.3, -0.25) is 4.98 Å². The number of aromatic nitrogens is 5. The van der Waals surface area contributed by atoms with Gasteiger partial charge in [0.2, 0.25) is 0 Å². The molecule has 0 spiro atoms. The largest absolute Gasteiger partial charge is 0.508 e. The summed E-state index contributed by atoms with van der Waals surface area (Å²) in [6.07, 6.45) is 4.67. The Labute approximate surface area is 135 Å². The quantitative estimate of drug-likeness (QED) is 0.428. The molecular formula is C16H12N6O2. The van der Waals surface area contributed by atoms with Crippen molar-refractivity contribution in [1.82, 2.24) is 25.4 Å². The zero-order valence-electron chi connectivity index (χ0n) is 12.3. The van der Waals surface area contributed by atoms with Gasteiger partial charge in [-0.2, -0.15) is 0 Å². The van der Waals surface area contributed by atoms with Gasteiger partial charge in [-0.15, -0.1) is 10.2 Å². The summed E-state index contributed by atoms with van der Waals surface area (Å²) in [5.74, 6) is 0.200. The highest BCUT2D eigenvalue weighted by atomic mass is 16.3. The predicted octanol–water partition coefficient (Wildman–Crippen LogP) is 2.57. The van der Waals surface area contributed by atoms with Crippen molar-refractivity contribution in [2.24, 2.45) is 0 Å². The maximum absolute atomic E-state index is 10.1. The maximum atomic E-state index is 10.1. The van der Waals surface area contributed by atoms with E-state index in [9.17, 15) is 10.2 Å². The van der Waals surface area contributed by atoms with Crippen LogP contribution in [0.5, 0.6) is 11.5 Å². The van der Waals surface area contributed by atoms with Crippen LogP contribution in [0.1, 0.15) is 0 Å². The molecule has 4 N–H and O–H groups in total. The van der Waals surface area contributed by atoms with Gasteiger partial charge < -0.3 is 20.5 Å². The number of pyridine rings is 1. The van der Waals surface area contributed by atoms with Crippen LogP contribution in [0.3, 0.4) is 0 Å². The van der Waals surface area contributed by atoms with Crippen LogP contribution in [-0.4, -0.2) is 35.6 Å². The molecule has 0 bridgehead atoms. The topological polar surface area (TPSA) is 120 Å². The van der Waals surface area contributed by atoms with Crippen molar-refractivity contribution >= 4 is 22.4 Å². The molecule has 0 aliphatic carbocycles. The number of fused-ring (bicyclic) bond motifs is 1.